The molecule has 2 rings (SSSR count). The fraction of sp³-hybridized carbons (Fsp3) is 0.600. The minimum Gasteiger partial charge on any atom is -0.480 e. The van der Waals surface area contributed by atoms with Crippen molar-refractivity contribution in [3.05, 3.63) is 22.4 Å². The number of hydrogen-bond acceptors (Lipinski definition) is 3. The molecule has 2 amide bonds. The van der Waals surface area contributed by atoms with Crippen molar-refractivity contribution in [3.8, 4) is 0 Å². The summed E-state index contributed by atoms with van der Waals surface area (Å²) in [5.74, 6) is -0.906. The van der Waals surface area contributed by atoms with E-state index in [1.54, 1.807) is 11.3 Å². The van der Waals surface area contributed by atoms with Crippen LogP contribution in [-0.4, -0.2) is 34.6 Å². The van der Waals surface area contributed by atoms with Crippen LogP contribution >= 0.6 is 11.3 Å². The number of carboxylic acids is 1. The van der Waals surface area contributed by atoms with Crippen LogP contribution in [0, 0.1) is 0 Å². The van der Waals surface area contributed by atoms with Crippen molar-refractivity contribution in [3.63, 3.8) is 0 Å². The largest absolute Gasteiger partial charge is 0.480 e. The molecule has 116 valence electrons. The number of nitrogens with zero attached hydrogens (tertiary/aromatic N) is 1. The molecule has 0 aliphatic carbocycles. The Morgan fingerprint density at radius 3 is 2.90 bits per heavy atom. The van der Waals surface area contributed by atoms with Gasteiger partial charge in [0.25, 0.3) is 0 Å². The maximum Gasteiger partial charge on any atom is 0.326 e. The highest BCUT2D eigenvalue weighted by molar-refractivity contribution is 7.10. The van der Waals surface area contributed by atoms with E-state index in [0.29, 0.717) is 13.0 Å². The zero-order chi connectivity index (χ0) is 15.2. The molecule has 0 radical (unpaired) electrons. The molecule has 6 heteroatoms. The van der Waals surface area contributed by atoms with Crippen LogP contribution in [0.4, 0.5) is 4.79 Å². The summed E-state index contributed by atoms with van der Waals surface area (Å²) >= 11 is 1.61. The fourth-order valence-electron chi connectivity index (χ4n) is 2.70. The van der Waals surface area contributed by atoms with E-state index in [1.165, 1.54) is 4.90 Å². The van der Waals surface area contributed by atoms with Gasteiger partial charge < -0.3 is 15.3 Å². The van der Waals surface area contributed by atoms with Crippen LogP contribution in [0.2, 0.25) is 0 Å². The zero-order valence-corrected chi connectivity index (χ0v) is 13.1. The minimum atomic E-state index is -0.906. The second-order valence-electron chi connectivity index (χ2n) is 5.32. The normalized spacial score (nSPS) is 20.6. The summed E-state index contributed by atoms with van der Waals surface area (Å²) < 4.78 is 0. The maximum atomic E-state index is 12.5. The van der Waals surface area contributed by atoms with Gasteiger partial charge in [-0.1, -0.05) is 25.8 Å². The first-order valence-electron chi connectivity index (χ1n) is 7.46. The molecule has 1 fully saturated rings. The van der Waals surface area contributed by atoms with Crippen molar-refractivity contribution < 1.29 is 14.7 Å². The fourth-order valence-corrected chi connectivity index (χ4v) is 3.57. The number of carbonyl (C=O) groups is 2. The first-order chi connectivity index (χ1) is 10.1. The Bertz CT molecular complexity index is 475. The van der Waals surface area contributed by atoms with E-state index in [9.17, 15) is 14.7 Å². The van der Waals surface area contributed by atoms with Gasteiger partial charge in [-0.3, -0.25) is 0 Å². The molecule has 2 unspecified atom stereocenters. The number of urea groups is 1. The number of nitrogens with one attached hydrogen (secondary N) is 1. The van der Waals surface area contributed by atoms with E-state index in [2.05, 4.69) is 5.32 Å². The molecule has 0 saturated carbocycles. The Balaban J connectivity index is 2.07. The lowest BCUT2D eigenvalue weighted by molar-refractivity contribution is -0.142. The molecular formula is C15H22N2O3S. The van der Waals surface area contributed by atoms with Gasteiger partial charge in [0.05, 0.1) is 6.04 Å². The SMILES string of the molecule is CCC(NC(=O)N1CCCCCC1C(=O)O)c1cccs1. The number of aliphatic carboxylic acids is 1. The summed E-state index contributed by atoms with van der Waals surface area (Å²) in [7, 11) is 0. The predicted octanol–water partition coefficient (Wildman–Crippen LogP) is 3.24. The number of rotatable bonds is 4. The smallest absolute Gasteiger partial charge is 0.326 e. The third-order valence-electron chi connectivity index (χ3n) is 3.89. The highest BCUT2D eigenvalue weighted by Gasteiger charge is 2.31. The molecule has 1 saturated heterocycles. The summed E-state index contributed by atoms with van der Waals surface area (Å²) in [5.41, 5.74) is 0. The summed E-state index contributed by atoms with van der Waals surface area (Å²) in [4.78, 5) is 26.5. The van der Waals surface area contributed by atoms with Gasteiger partial charge in [0.1, 0.15) is 6.04 Å². The first kappa shape index (κ1) is 15.8. The molecule has 2 N–H and O–H groups in total. The van der Waals surface area contributed by atoms with Crippen molar-refractivity contribution >= 4 is 23.3 Å². The minimum absolute atomic E-state index is 0.0461. The summed E-state index contributed by atoms with van der Waals surface area (Å²) in [6, 6.07) is 2.95. The van der Waals surface area contributed by atoms with E-state index in [-0.39, 0.29) is 12.1 Å². The second-order valence-corrected chi connectivity index (χ2v) is 6.30. The van der Waals surface area contributed by atoms with E-state index in [0.717, 1.165) is 30.6 Å². The molecule has 2 heterocycles. The number of carboxylic acid groups (broad SMARTS) is 1. The molecule has 1 aromatic rings. The van der Waals surface area contributed by atoms with Crippen LogP contribution in [-0.2, 0) is 4.79 Å². The second kappa shape index (κ2) is 7.45. The van der Waals surface area contributed by atoms with Gasteiger partial charge in [-0.2, -0.15) is 0 Å². The van der Waals surface area contributed by atoms with Crippen LogP contribution in [0.25, 0.3) is 0 Å². The number of likely N-dealkylation sites (tertiary alicyclic amines) is 1. The summed E-state index contributed by atoms with van der Waals surface area (Å²) in [6.07, 6.45) is 4.04. The Hall–Kier alpha value is -1.56. The molecule has 1 aliphatic rings. The van der Waals surface area contributed by atoms with Gasteiger partial charge in [0, 0.05) is 11.4 Å². The molecule has 1 aromatic heterocycles. The van der Waals surface area contributed by atoms with Crippen LogP contribution in [0.5, 0.6) is 0 Å². The van der Waals surface area contributed by atoms with E-state index >= 15 is 0 Å². The maximum absolute atomic E-state index is 12.5. The highest BCUT2D eigenvalue weighted by atomic mass is 32.1. The molecule has 0 bridgehead atoms. The van der Waals surface area contributed by atoms with Gasteiger partial charge in [0.15, 0.2) is 0 Å². The van der Waals surface area contributed by atoms with Crippen molar-refractivity contribution in [1.29, 1.82) is 0 Å². The van der Waals surface area contributed by atoms with Crippen molar-refractivity contribution in [1.82, 2.24) is 10.2 Å². The van der Waals surface area contributed by atoms with Crippen LogP contribution in [0.1, 0.15) is 49.9 Å². The van der Waals surface area contributed by atoms with Gasteiger partial charge in [0.2, 0.25) is 0 Å². The van der Waals surface area contributed by atoms with Crippen molar-refractivity contribution in [2.24, 2.45) is 0 Å². The standard InChI is InChI=1S/C15H22N2O3S/c1-2-11(13-8-6-10-21-13)16-15(20)17-9-5-3-4-7-12(17)14(18)19/h6,8,10-12H,2-5,7,9H2,1H3,(H,16,20)(H,18,19). The Morgan fingerprint density at radius 1 is 1.48 bits per heavy atom. The van der Waals surface area contributed by atoms with Crippen LogP contribution in [0.3, 0.4) is 0 Å². The average molecular weight is 310 g/mol. The van der Waals surface area contributed by atoms with Gasteiger partial charge in [-0.15, -0.1) is 11.3 Å². The zero-order valence-electron chi connectivity index (χ0n) is 12.2. The lowest BCUT2D eigenvalue weighted by Crippen LogP contribution is -2.49. The van der Waals surface area contributed by atoms with Gasteiger partial charge in [-0.25, -0.2) is 9.59 Å². The monoisotopic (exact) mass is 310 g/mol. The third kappa shape index (κ3) is 3.97. The van der Waals surface area contributed by atoms with Crippen LogP contribution < -0.4 is 5.32 Å². The third-order valence-corrected chi connectivity index (χ3v) is 4.88. The Kier molecular flexibility index (Phi) is 5.61. The van der Waals surface area contributed by atoms with Gasteiger partial charge in [-0.05, 0) is 30.7 Å². The average Bonchev–Trinajstić information content (AvgIpc) is 2.87. The van der Waals surface area contributed by atoms with E-state index < -0.39 is 12.0 Å². The van der Waals surface area contributed by atoms with Crippen molar-refractivity contribution in [2.45, 2.75) is 51.1 Å². The first-order valence-corrected chi connectivity index (χ1v) is 8.34. The number of thiophene rings is 1. The number of carbonyl (C=O) groups excluding carboxylic acids is 1. The highest BCUT2D eigenvalue weighted by Crippen LogP contribution is 2.23. The quantitative estimate of drug-likeness (QED) is 0.897. The summed E-state index contributed by atoms with van der Waals surface area (Å²) in [6.45, 7) is 2.53. The molecular weight excluding hydrogens is 288 g/mol. The number of amides is 2. The molecule has 0 aromatic carbocycles. The van der Waals surface area contributed by atoms with Crippen molar-refractivity contribution in [2.75, 3.05) is 6.54 Å². The van der Waals surface area contributed by atoms with E-state index in [1.807, 2.05) is 24.4 Å². The molecule has 0 spiro atoms. The lowest BCUT2D eigenvalue weighted by atomic mass is 10.1. The predicted molar refractivity (Wildman–Crippen MR) is 82.5 cm³/mol. The summed E-state index contributed by atoms with van der Waals surface area (Å²) in [5, 5.41) is 14.3. The molecule has 2 atom stereocenters. The van der Waals surface area contributed by atoms with Gasteiger partial charge >= 0.3 is 12.0 Å². The molecule has 5 nitrogen and oxygen atoms in total. The Labute approximate surface area is 129 Å². The Morgan fingerprint density at radius 2 is 2.29 bits per heavy atom. The lowest BCUT2D eigenvalue weighted by Gasteiger charge is -2.29. The van der Waals surface area contributed by atoms with Crippen LogP contribution in [0.15, 0.2) is 17.5 Å². The van der Waals surface area contributed by atoms with E-state index in [4.69, 9.17) is 0 Å². The number of hydrogen-bond donors (Lipinski definition) is 2. The molecule has 21 heavy (non-hydrogen) atoms. The molecule has 1 aliphatic heterocycles. The topological polar surface area (TPSA) is 69.6 Å².